The molecule has 1 amide bonds. The molecule has 33 heavy (non-hydrogen) atoms. The lowest BCUT2D eigenvalue weighted by atomic mass is 10.0. The molecule has 166 valence electrons. The minimum absolute atomic E-state index is 0.107. The van der Waals surface area contributed by atoms with Crippen molar-refractivity contribution in [2.75, 3.05) is 16.9 Å². The Hall–Kier alpha value is -4.53. The number of rotatable bonds is 7. The van der Waals surface area contributed by atoms with E-state index in [1.165, 1.54) is 6.33 Å². The normalized spacial score (nSPS) is 10.6. The number of aromatic nitrogens is 2. The van der Waals surface area contributed by atoms with E-state index in [0.29, 0.717) is 12.1 Å². The molecule has 0 aliphatic carbocycles. The summed E-state index contributed by atoms with van der Waals surface area (Å²) in [7, 11) is 0. The van der Waals surface area contributed by atoms with E-state index in [0.717, 1.165) is 22.0 Å². The van der Waals surface area contributed by atoms with Gasteiger partial charge >= 0.3 is 5.69 Å². The predicted molar refractivity (Wildman–Crippen MR) is 128 cm³/mol. The molecule has 9 nitrogen and oxygen atoms in total. The van der Waals surface area contributed by atoms with Crippen molar-refractivity contribution in [1.82, 2.24) is 15.4 Å². The van der Waals surface area contributed by atoms with E-state index in [2.05, 4.69) is 20.8 Å². The molecule has 1 heterocycles. The van der Waals surface area contributed by atoms with Crippen molar-refractivity contribution < 1.29 is 9.72 Å². The van der Waals surface area contributed by atoms with Crippen molar-refractivity contribution in [2.45, 2.75) is 13.8 Å². The number of nitrogens with zero attached hydrogens (tertiary/aromatic N) is 4. The molecular formula is C24H22N6O3. The maximum absolute atomic E-state index is 12.8. The van der Waals surface area contributed by atoms with Crippen LogP contribution in [0, 0.1) is 17.0 Å². The van der Waals surface area contributed by atoms with Crippen LogP contribution in [0.2, 0.25) is 0 Å². The van der Waals surface area contributed by atoms with Crippen LogP contribution in [0.15, 0.2) is 73.1 Å². The fourth-order valence-electron chi connectivity index (χ4n) is 3.68. The minimum Gasteiger partial charge on any atom is -0.321 e. The van der Waals surface area contributed by atoms with Crippen LogP contribution >= 0.6 is 0 Å². The Labute approximate surface area is 190 Å². The first kappa shape index (κ1) is 21.7. The Balaban J connectivity index is 1.66. The highest BCUT2D eigenvalue weighted by Crippen LogP contribution is 2.35. The van der Waals surface area contributed by atoms with Crippen LogP contribution in [-0.4, -0.2) is 27.3 Å². The molecule has 0 spiro atoms. The maximum atomic E-state index is 12.8. The lowest BCUT2D eigenvalue weighted by Crippen LogP contribution is -2.31. The van der Waals surface area contributed by atoms with Gasteiger partial charge in [0.05, 0.1) is 4.92 Å². The number of benzene rings is 3. The van der Waals surface area contributed by atoms with Gasteiger partial charge in [-0.05, 0) is 48.4 Å². The molecular weight excluding hydrogens is 420 g/mol. The number of nitro groups is 1. The van der Waals surface area contributed by atoms with Crippen LogP contribution in [0.25, 0.3) is 10.8 Å². The lowest BCUT2D eigenvalue weighted by molar-refractivity contribution is -0.383. The Kier molecular flexibility index (Phi) is 6.12. The summed E-state index contributed by atoms with van der Waals surface area (Å²) in [5.74, 6) is -0.415. The number of carbonyl (C=O) groups excluding carboxylic acids is 1. The summed E-state index contributed by atoms with van der Waals surface area (Å²) < 4.78 is 0. The van der Waals surface area contributed by atoms with Crippen molar-refractivity contribution in [3.05, 3.63) is 94.3 Å². The molecule has 2 N–H and O–H groups in total. The molecule has 0 saturated carbocycles. The zero-order chi connectivity index (χ0) is 23.4. The molecule has 1 aromatic heterocycles. The van der Waals surface area contributed by atoms with E-state index in [1.807, 2.05) is 68.4 Å². The van der Waals surface area contributed by atoms with Crippen molar-refractivity contribution in [3.63, 3.8) is 0 Å². The van der Waals surface area contributed by atoms with Gasteiger partial charge < -0.3 is 4.90 Å². The number of amides is 1. The van der Waals surface area contributed by atoms with Gasteiger partial charge in [-0.2, -0.15) is 0 Å². The Morgan fingerprint density at radius 1 is 1.06 bits per heavy atom. The molecule has 9 heteroatoms. The molecule has 0 aliphatic rings. The molecule has 0 atom stereocenters. The Morgan fingerprint density at radius 3 is 2.58 bits per heavy atom. The standard InChI is InChI=1S/C24H22N6O3/c1-3-29(18-11-6-8-16(2)14-18)23-21(30(32)33)22(25-15-26-23)27-28-24(31)20-13-7-10-17-9-4-5-12-19(17)20/h4-15H,3H2,1-2H3,(H,28,31)(H,25,26,27). The van der Waals surface area contributed by atoms with Gasteiger partial charge in [-0.3, -0.25) is 25.8 Å². The minimum atomic E-state index is -0.555. The highest BCUT2D eigenvalue weighted by molar-refractivity contribution is 6.07. The number of hydrazine groups is 1. The van der Waals surface area contributed by atoms with Gasteiger partial charge in [-0.25, -0.2) is 9.97 Å². The molecule has 4 aromatic rings. The van der Waals surface area contributed by atoms with E-state index >= 15 is 0 Å². The zero-order valence-corrected chi connectivity index (χ0v) is 18.1. The van der Waals surface area contributed by atoms with E-state index in [9.17, 15) is 14.9 Å². The fourth-order valence-corrected chi connectivity index (χ4v) is 3.68. The molecule has 0 unspecified atom stereocenters. The van der Waals surface area contributed by atoms with Crippen LogP contribution < -0.4 is 15.8 Å². The number of nitrogens with one attached hydrogen (secondary N) is 2. The number of aryl methyl sites for hydroxylation is 1. The van der Waals surface area contributed by atoms with Crippen LogP contribution in [-0.2, 0) is 0 Å². The molecule has 4 rings (SSSR count). The smallest absolute Gasteiger partial charge is 0.321 e. The van der Waals surface area contributed by atoms with Gasteiger partial charge in [0.1, 0.15) is 6.33 Å². The molecule has 0 fully saturated rings. The van der Waals surface area contributed by atoms with Crippen LogP contribution in [0.1, 0.15) is 22.8 Å². The fraction of sp³-hybridized carbons (Fsp3) is 0.125. The van der Waals surface area contributed by atoms with Gasteiger partial charge in [0.2, 0.25) is 11.6 Å². The third kappa shape index (κ3) is 4.42. The van der Waals surface area contributed by atoms with E-state index < -0.39 is 10.8 Å². The number of carbonyl (C=O) groups is 1. The summed E-state index contributed by atoms with van der Waals surface area (Å²) in [5, 5.41) is 13.7. The second-order valence-electron chi connectivity index (χ2n) is 7.34. The van der Waals surface area contributed by atoms with Gasteiger partial charge in [0, 0.05) is 17.8 Å². The van der Waals surface area contributed by atoms with E-state index in [4.69, 9.17) is 0 Å². The summed E-state index contributed by atoms with van der Waals surface area (Å²) in [6.07, 6.45) is 1.23. The Bertz CT molecular complexity index is 1340. The SMILES string of the molecule is CCN(c1cccc(C)c1)c1ncnc(NNC(=O)c2cccc3ccccc23)c1[N+](=O)[O-]. The summed E-state index contributed by atoms with van der Waals surface area (Å²) >= 11 is 0. The quantitative estimate of drug-likeness (QED) is 0.313. The second kappa shape index (κ2) is 9.31. The van der Waals surface area contributed by atoms with Gasteiger partial charge in [-0.1, -0.05) is 48.5 Å². The van der Waals surface area contributed by atoms with Crippen LogP contribution in [0.3, 0.4) is 0 Å². The number of hydrogen-bond acceptors (Lipinski definition) is 7. The summed E-state index contributed by atoms with van der Waals surface area (Å²) in [5.41, 5.74) is 7.04. The molecule has 0 radical (unpaired) electrons. The highest BCUT2D eigenvalue weighted by atomic mass is 16.6. The average molecular weight is 442 g/mol. The average Bonchev–Trinajstić information content (AvgIpc) is 2.82. The predicted octanol–water partition coefficient (Wildman–Crippen LogP) is 4.76. The summed E-state index contributed by atoms with van der Waals surface area (Å²) in [4.78, 5) is 34.2. The first-order valence-electron chi connectivity index (χ1n) is 10.4. The largest absolute Gasteiger partial charge is 0.355 e. The number of fused-ring (bicyclic) bond motifs is 1. The van der Waals surface area contributed by atoms with Gasteiger partial charge in [-0.15, -0.1) is 0 Å². The monoisotopic (exact) mass is 442 g/mol. The third-order valence-electron chi connectivity index (χ3n) is 5.20. The van der Waals surface area contributed by atoms with E-state index in [1.54, 1.807) is 17.0 Å². The second-order valence-corrected chi connectivity index (χ2v) is 7.34. The zero-order valence-electron chi connectivity index (χ0n) is 18.1. The van der Waals surface area contributed by atoms with Crippen molar-refractivity contribution in [2.24, 2.45) is 0 Å². The summed E-state index contributed by atoms with van der Waals surface area (Å²) in [6.45, 7) is 4.27. The molecule has 0 bridgehead atoms. The van der Waals surface area contributed by atoms with E-state index in [-0.39, 0.29) is 17.3 Å². The summed E-state index contributed by atoms with van der Waals surface area (Å²) in [6, 6.07) is 20.5. The van der Waals surface area contributed by atoms with Gasteiger partial charge in [0.25, 0.3) is 5.91 Å². The van der Waals surface area contributed by atoms with Crippen molar-refractivity contribution >= 4 is 39.7 Å². The van der Waals surface area contributed by atoms with Crippen molar-refractivity contribution in [3.8, 4) is 0 Å². The van der Waals surface area contributed by atoms with Crippen LogP contribution in [0.5, 0.6) is 0 Å². The third-order valence-corrected chi connectivity index (χ3v) is 5.20. The lowest BCUT2D eigenvalue weighted by Gasteiger charge is -2.22. The topological polar surface area (TPSA) is 113 Å². The number of hydrogen-bond donors (Lipinski definition) is 2. The molecule has 0 saturated heterocycles. The van der Waals surface area contributed by atoms with Crippen molar-refractivity contribution in [1.29, 1.82) is 0 Å². The molecule has 3 aromatic carbocycles. The highest BCUT2D eigenvalue weighted by Gasteiger charge is 2.28. The van der Waals surface area contributed by atoms with Gasteiger partial charge in [0.15, 0.2) is 0 Å². The first-order chi connectivity index (χ1) is 16.0. The molecule has 0 aliphatic heterocycles. The van der Waals surface area contributed by atoms with Crippen LogP contribution in [0.4, 0.5) is 23.0 Å². The number of anilines is 3. The Morgan fingerprint density at radius 2 is 1.82 bits per heavy atom. The first-order valence-corrected chi connectivity index (χ1v) is 10.4. The maximum Gasteiger partial charge on any atom is 0.355 e.